The highest BCUT2D eigenvalue weighted by atomic mass is 32.2. The van der Waals surface area contributed by atoms with Gasteiger partial charge >= 0.3 is 0 Å². The van der Waals surface area contributed by atoms with Crippen molar-refractivity contribution in [3.63, 3.8) is 0 Å². The van der Waals surface area contributed by atoms with E-state index in [-0.39, 0.29) is 11.7 Å². The van der Waals surface area contributed by atoms with E-state index < -0.39 is 0 Å². The number of anilines is 1. The summed E-state index contributed by atoms with van der Waals surface area (Å²) in [4.78, 5) is 11.9. The average Bonchev–Trinajstić information content (AvgIpc) is 2.77. The number of aryl methyl sites for hydroxylation is 3. The second-order valence-electron chi connectivity index (χ2n) is 4.24. The van der Waals surface area contributed by atoms with Crippen LogP contribution in [0, 0.1) is 13.8 Å². The molecule has 7 heteroatoms. The fourth-order valence-electron chi connectivity index (χ4n) is 1.53. The highest BCUT2D eigenvalue weighted by Crippen LogP contribution is 2.18. The maximum absolute atomic E-state index is 11.9. The zero-order chi connectivity index (χ0) is 13.8. The Kier molecular flexibility index (Phi) is 4.16. The van der Waals surface area contributed by atoms with Gasteiger partial charge in [0, 0.05) is 12.7 Å². The van der Waals surface area contributed by atoms with E-state index in [1.807, 2.05) is 32.0 Å². The summed E-state index contributed by atoms with van der Waals surface area (Å²) in [6.45, 7) is 3.96. The minimum Gasteiger partial charge on any atom is -0.325 e. The number of nitrogens with one attached hydrogen (secondary N) is 1. The lowest BCUT2D eigenvalue weighted by Crippen LogP contribution is -2.15. The first-order chi connectivity index (χ1) is 9.06. The first-order valence-corrected chi connectivity index (χ1v) is 6.77. The second kappa shape index (κ2) is 5.83. The van der Waals surface area contributed by atoms with Gasteiger partial charge in [-0.2, -0.15) is 0 Å². The molecule has 0 aliphatic carbocycles. The quantitative estimate of drug-likeness (QED) is 0.859. The van der Waals surface area contributed by atoms with Crippen LogP contribution in [0.5, 0.6) is 0 Å². The smallest absolute Gasteiger partial charge is 0.234 e. The van der Waals surface area contributed by atoms with Crippen molar-refractivity contribution < 1.29 is 4.79 Å². The van der Waals surface area contributed by atoms with Crippen LogP contribution >= 0.6 is 11.8 Å². The molecule has 1 N–H and O–H groups in total. The predicted molar refractivity (Wildman–Crippen MR) is 74.1 cm³/mol. The Labute approximate surface area is 115 Å². The Morgan fingerprint density at radius 3 is 2.89 bits per heavy atom. The van der Waals surface area contributed by atoms with Crippen LogP contribution in [0.25, 0.3) is 0 Å². The third kappa shape index (κ3) is 3.54. The van der Waals surface area contributed by atoms with Gasteiger partial charge in [0.1, 0.15) is 0 Å². The SMILES string of the molecule is Cc1ccc(C)c(NC(=O)CSc2nnnn2C)c1. The normalized spacial score (nSPS) is 10.5. The molecule has 1 heterocycles. The van der Waals surface area contributed by atoms with Crippen molar-refractivity contribution in [1.29, 1.82) is 0 Å². The third-order valence-corrected chi connectivity index (χ3v) is 3.59. The Morgan fingerprint density at radius 1 is 1.42 bits per heavy atom. The summed E-state index contributed by atoms with van der Waals surface area (Å²) in [7, 11) is 1.74. The van der Waals surface area contributed by atoms with Gasteiger partial charge in [0.05, 0.1) is 5.75 Å². The maximum atomic E-state index is 11.9. The van der Waals surface area contributed by atoms with Gasteiger partial charge in [-0.25, -0.2) is 4.68 Å². The zero-order valence-electron chi connectivity index (χ0n) is 11.0. The van der Waals surface area contributed by atoms with Crippen LogP contribution in [-0.2, 0) is 11.8 Å². The van der Waals surface area contributed by atoms with E-state index in [0.717, 1.165) is 16.8 Å². The molecule has 0 fully saturated rings. The van der Waals surface area contributed by atoms with Crippen LogP contribution < -0.4 is 5.32 Å². The lowest BCUT2D eigenvalue weighted by molar-refractivity contribution is -0.113. The highest BCUT2D eigenvalue weighted by Gasteiger charge is 2.09. The van der Waals surface area contributed by atoms with Gasteiger partial charge in [-0.15, -0.1) is 5.10 Å². The first kappa shape index (κ1) is 13.5. The summed E-state index contributed by atoms with van der Waals surface area (Å²) in [6.07, 6.45) is 0. The summed E-state index contributed by atoms with van der Waals surface area (Å²) >= 11 is 1.31. The molecule has 0 radical (unpaired) electrons. The van der Waals surface area contributed by atoms with E-state index in [0.29, 0.717) is 5.16 Å². The lowest BCUT2D eigenvalue weighted by atomic mass is 10.1. The number of carbonyl (C=O) groups excluding carboxylic acids is 1. The molecule has 0 saturated carbocycles. The molecule has 6 nitrogen and oxygen atoms in total. The molecule has 1 amide bonds. The summed E-state index contributed by atoms with van der Waals surface area (Å²) in [5.41, 5.74) is 3.01. The summed E-state index contributed by atoms with van der Waals surface area (Å²) in [5.74, 6) is 0.211. The standard InChI is InChI=1S/C12H15N5OS/c1-8-4-5-9(2)10(6-8)13-11(18)7-19-12-14-15-16-17(12)3/h4-6H,7H2,1-3H3,(H,13,18). The van der Waals surface area contributed by atoms with E-state index in [1.54, 1.807) is 7.05 Å². The van der Waals surface area contributed by atoms with Crippen molar-refractivity contribution in [1.82, 2.24) is 20.2 Å². The lowest BCUT2D eigenvalue weighted by Gasteiger charge is -2.08. The maximum Gasteiger partial charge on any atom is 0.234 e. The van der Waals surface area contributed by atoms with Gasteiger partial charge in [-0.05, 0) is 41.5 Å². The number of benzene rings is 1. The molecule has 1 aromatic carbocycles. The van der Waals surface area contributed by atoms with Crippen molar-refractivity contribution in [2.24, 2.45) is 7.05 Å². The monoisotopic (exact) mass is 277 g/mol. The molecule has 0 unspecified atom stereocenters. The molecular weight excluding hydrogens is 262 g/mol. The van der Waals surface area contributed by atoms with Gasteiger partial charge in [0.25, 0.3) is 0 Å². The Morgan fingerprint density at radius 2 is 2.21 bits per heavy atom. The van der Waals surface area contributed by atoms with Crippen LogP contribution in [0.15, 0.2) is 23.4 Å². The number of nitrogens with zero attached hydrogens (tertiary/aromatic N) is 4. The largest absolute Gasteiger partial charge is 0.325 e. The molecule has 0 saturated heterocycles. The Hall–Kier alpha value is -1.89. The van der Waals surface area contributed by atoms with Crippen molar-refractivity contribution in [3.05, 3.63) is 29.3 Å². The van der Waals surface area contributed by atoms with E-state index in [4.69, 9.17) is 0 Å². The Bertz CT molecular complexity index is 596. The van der Waals surface area contributed by atoms with Gasteiger partial charge in [0.2, 0.25) is 11.1 Å². The third-order valence-electron chi connectivity index (χ3n) is 2.58. The van der Waals surface area contributed by atoms with Crippen LogP contribution in [0.4, 0.5) is 5.69 Å². The molecule has 1 aromatic heterocycles. The minimum absolute atomic E-state index is 0.0679. The van der Waals surface area contributed by atoms with Crippen molar-refractivity contribution in [3.8, 4) is 0 Å². The number of tetrazole rings is 1. The van der Waals surface area contributed by atoms with Crippen molar-refractivity contribution in [2.45, 2.75) is 19.0 Å². The number of hydrogen-bond donors (Lipinski definition) is 1. The van der Waals surface area contributed by atoms with Gasteiger partial charge < -0.3 is 5.32 Å². The molecule has 0 aliphatic rings. The first-order valence-electron chi connectivity index (χ1n) is 5.78. The topological polar surface area (TPSA) is 72.7 Å². The molecular formula is C12H15N5OS. The number of carbonyl (C=O) groups is 1. The number of rotatable bonds is 4. The van der Waals surface area contributed by atoms with Gasteiger partial charge in [0.15, 0.2) is 0 Å². The zero-order valence-corrected chi connectivity index (χ0v) is 11.9. The second-order valence-corrected chi connectivity index (χ2v) is 5.18. The van der Waals surface area contributed by atoms with E-state index in [9.17, 15) is 4.79 Å². The number of aromatic nitrogens is 4. The predicted octanol–water partition coefficient (Wildman–Crippen LogP) is 1.56. The summed E-state index contributed by atoms with van der Waals surface area (Å²) < 4.78 is 1.54. The molecule has 0 bridgehead atoms. The molecule has 0 atom stereocenters. The van der Waals surface area contributed by atoms with Gasteiger partial charge in [-0.3, -0.25) is 4.79 Å². The minimum atomic E-state index is -0.0679. The molecule has 19 heavy (non-hydrogen) atoms. The van der Waals surface area contributed by atoms with E-state index in [1.165, 1.54) is 16.4 Å². The van der Waals surface area contributed by atoms with Crippen LogP contribution in [0.2, 0.25) is 0 Å². The Balaban J connectivity index is 1.94. The molecule has 2 rings (SSSR count). The number of hydrogen-bond acceptors (Lipinski definition) is 5. The molecule has 100 valence electrons. The van der Waals surface area contributed by atoms with Gasteiger partial charge in [-0.1, -0.05) is 23.9 Å². The number of amides is 1. The summed E-state index contributed by atoms with van der Waals surface area (Å²) in [5, 5.41) is 14.6. The fourth-order valence-corrected chi connectivity index (χ4v) is 2.18. The molecule has 0 spiro atoms. The average molecular weight is 277 g/mol. The van der Waals surface area contributed by atoms with Crippen LogP contribution in [0.1, 0.15) is 11.1 Å². The van der Waals surface area contributed by atoms with E-state index >= 15 is 0 Å². The highest BCUT2D eigenvalue weighted by molar-refractivity contribution is 7.99. The van der Waals surface area contributed by atoms with Crippen molar-refractivity contribution in [2.75, 3.05) is 11.1 Å². The molecule has 2 aromatic rings. The summed E-state index contributed by atoms with van der Waals surface area (Å²) in [6, 6.07) is 5.97. The fraction of sp³-hybridized carbons (Fsp3) is 0.333. The van der Waals surface area contributed by atoms with Crippen LogP contribution in [0.3, 0.4) is 0 Å². The van der Waals surface area contributed by atoms with E-state index in [2.05, 4.69) is 20.8 Å². The molecule has 0 aliphatic heterocycles. The van der Waals surface area contributed by atoms with Crippen molar-refractivity contribution >= 4 is 23.4 Å². The number of thioether (sulfide) groups is 1. The van der Waals surface area contributed by atoms with Crippen LogP contribution in [-0.4, -0.2) is 31.9 Å².